The Labute approximate surface area is 134 Å². The van der Waals surface area contributed by atoms with E-state index in [1.165, 1.54) is 56.9 Å². The van der Waals surface area contributed by atoms with Crippen molar-refractivity contribution < 1.29 is 0 Å². The SMILES string of the molecule is CCCC=C(CCC)C(CCC)=C(CC=C(C)C)CCC. The number of unbranched alkanes of at least 4 members (excludes halogenated alkanes) is 1. The van der Waals surface area contributed by atoms with Gasteiger partial charge < -0.3 is 0 Å². The maximum atomic E-state index is 2.52. The highest BCUT2D eigenvalue weighted by Crippen LogP contribution is 2.29. The maximum Gasteiger partial charge on any atom is -0.0130 e. The van der Waals surface area contributed by atoms with Gasteiger partial charge in [-0.05, 0) is 57.1 Å². The largest absolute Gasteiger partial charge is 0.0818 e. The molecule has 0 saturated carbocycles. The number of allylic oxidation sites excluding steroid dienone is 6. The van der Waals surface area contributed by atoms with E-state index in [2.05, 4.69) is 53.7 Å². The van der Waals surface area contributed by atoms with E-state index < -0.39 is 0 Å². The summed E-state index contributed by atoms with van der Waals surface area (Å²) in [6.45, 7) is 13.6. The molecule has 0 N–H and O–H groups in total. The van der Waals surface area contributed by atoms with Crippen molar-refractivity contribution in [2.45, 2.75) is 99.3 Å². The van der Waals surface area contributed by atoms with Gasteiger partial charge in [-0.1, -0.05) is 76.7 Å². The number of hydrogen-bond donors (Lipinski definition) is 0. The molecule has 0 aliphatic rings. The molecular weight excluding hydrogens is 252 g/mol. The van der Waals surface area contributed by atoms with Crippen LogP contribution in [0.2, 0.25) is 0 Å². The average Bonchev–Trinajstić information content (AvgIpc) is 2.46. The molecule has 0 rings (SSSR count). The second kappa shape index (κ2) is 12.9. The third-order valence-corrected chi connectivity index (χ3v) is 3.82. The molecule has 0 heteroatoms. The van der Waals surface area contributed by atoms with Gasteiger partial charge in [0.15, 0.2) is 0 Å². The lowest BCUT2D eigenvalue weighted by Gasteiger charge is -2.18. The van der Waals surface area contributed by atoms with Crippen molar-refractivity contribution in [2.24, 2.45) is 0 Å². The van der Waals surface area contributed by atoms with Crippen LogP contribution in [0.15, 0.2) is 34.4 Å². The van der Waals surface area contributed by atoms with E-state index in [1.807, 2.05) is 0 Å². The Morgan fingerprint density at radius 1 is 0.714 bits per heavy atom. The summed E-state index contributed by atoms with van der Waals surface area (Å²) in [6, 6.07) is 0. The van der Waals surface area contributed by atoms with E-state index >= 15 is 0 Å². The molecule has 0 aromatic carbocycles. The summed E-state index contributed by atoms with van der Waals surface area (Å²) in [5, 5.41) is 0. The monoisotopic (exact) mass is 290 g/mol. The van der Waals surface area contributed by atoms with Crippen LogP contribution in [0, 0.1) is 0 Å². The van der Waals surface area contributed by atoms with E-state index in [-0.39, 0.29) is 0 Å². The summed E-state index contributed by atoms with van der Waals surface area (Å²) in [6.07, 6.45) is 16.1. The first-order chi connectivity index (χ1) is 10.1. The van der Waals surface area contributed by atoms with Crippen LogP contribution in [0.3, 0.4) is 0 Å². The smallest absolute Gasteiger partial charge is 0.0130 e. The highest BCUT2D eigenvalue weighted by molar-refractivity contribution is 5.36. The van der Waals surface area contributed by atoms with Crippen molar-refractivity contribution in [3.05, 3.63) is 34.4 Å². The molecule has 0 amide bonds. The fourth-order valence-electron chi connectivity index (χ4n) is 2.78. The summed E-state index contributed by atoms with van der Waals surface area (Å²) in [7, 11) is 0. The minimum Gasteiger partial charge on any atom is -0.0818 e. The van der Waals surface area contributed by atoms with Crippen molar-refractivity contribution in [1.29, 1.82) is 0 Å². The van der Waals surface area contributed by atoms with Gasteiger partial charge in [-0.25, -0.2) is 0 Å². The zero-order chi connectivity index (χ0) is 16.1. The molecule has 0 aliphatic heterocycles. The van der Waals surface area contributed by atoms with Gasteiger partial charge in [0.05, 0.1) is 0 Å². The molecule has 0 atom stereocenters. The van der Waals surface area contributed by atoms with E-state index in [0.717, 1.165) is 6.42 Å². The minimum absolute atomic E-state index is 1.15. The van der Waals surface area contributed by atoms with E-state index in [0.29, 0.717) is 0 Å². The second-order valence-electron chi connectivity index (χ2n) is 6.34. The van der Waals surface area contributed by atoms with Crippen LogP contribution in [-0.2, 0) is 0 Å². The third kappa shape index (κ3) is 8.96. The standard InChI is InChI=1S/C21H38/c1-7-11-15-19(12-8-2)21(14-10-4)20(13-9-3)17-16-18(5)6/h15-16H,7-14,17H2,1-6H3. The third-order valence-electron chi connectivity index (χ3n) is 3.82. The molecular formula is C21H38. The summed E-state index contributed by atoms with van der Waals surface area (Å²) in [4.78, 5) is 0. The maximum absolute atomic E-state index is 2.52. The van der Waals surface area contributed by atoms with Gasteiger partial charge in [0, 0.05) is 0 Å². The van der Waals surface area contributed by atoms with Gasteiger partial charge >= 0.3 is 0 Å². The Hall–Kier alpha value is -0.780. The van der Waals surface area contributed by atoms with Crippen LogP contribution in [0.4, 0.5) is 0 Å². The van der Waals surface area contributed by atoms with E-state index in [1.54, 1.807) is 16.7 Å². The van der Waals surface area contributed by atoms with Crippen molar-refractivity contribution in [3.63, 3.8) is 0 Å². The molecule has 0 bridgehead atoms. The van der Waals surface area contributed by atoms with Crippen LogP contribution in [0.5, 0.6) is 0 Å². The summed E-state index contributed by atoms with van der Waals surface area (Å²) < 4.78 is 0. The lowest BCUT2D eigenvalue weighted by atomic mass is 9.88. The second-order valence-corrected chi connectivity index (χ2v) is 6.34. The Balaban J connectivity index is 5.55. The normalized spacial score (nSPS) is 13.1. The molecule has 0 heterocycles. The van der Waals surface area contributed by atoms with E-state index in [4.69, 9.17) is 0 Å². The first kappa shape index (κ1) is 20.2. The van der Waals surface area contributed by atoms with Crippen LogP contribution >= 0.6 is 0 Å². The first-order valence-electron chi connectivity index (χ1n) is 9.14. The minimum atomic E-state index is 1.15. The lowest BCUT2D eigenvalue weighted by molar-refractivity contribution is 0.791. The van der Waals surface area contributed by atoms with Gasteiger partial charge in [0.25, 0.3) is 0 Å². The van der Waals surface area contributed by atoms with Crippen molar-refractivity contribution in [1.82, 2.24) is 0 Å². The molecule has 0 aromatic heterocycles. The van der Waals surface area contributed by atoms with Crippen LogP contribution < -0.4 is 0 Å². The summed E-state index contributed by atoms with van der Waals surface area (Å²) in [5.74, 6) is 0. The Morgan fingerprint density at radius 3 is 1.81 bits per heavy atom. The van der Waals surface area contributed by atoms with Crippen molar-refractivity contribution in [3.8, 4) is 0 Å². The number of rotatable bonds is 11. The molecule has 122 valence electrons. The van der Waals surface area contributed by atoms with Crippen molar-refractivity contribution in [2.75, 3.05) is 0 Å². The van der Waals surface area contributed by atoms with Gasteiger partial charge in [-0.2, -0.15) is 0 Å². The molecule has 0 aromatic rings. The zero-order valence-electron chi connectivity index (χ0n) is 15.5. The zero-order valence-corrected chi connectivity index (χ0v) is 15.5. The summed E-state index contributed by atoms with van der Waals surface area (Å²) >= 11 is 0. The van der Waals surface area contributed by atoms with Crippen LogP contribution in [0.1, 0.15) is 99.3 Å². The fourth-order valence-corrected chi connectivity index (χ4v) is 2.78. The quantitative estimate of drug-likeness (QED) is 0.269. The van der Waals surface area contributed by atoms with Crippen LogP contribution in [-0.4, -0.2) is 0 Å². The highest BCUT2D eigenvalue weighted by atomic mass is 14.2. The molecule has 0 nitrogen and oxygen atoms in total. The first-order valence-corrected chi connectivity index (χ1v) is 9.14. The van der Waals surface area contributed by atoms with Gasteiger partial charge in [-0.3, -0.25) is 0 Å². The summed E-state index contributed by atoms with van der Waals surface area (Å²) in [5.41, 5.74) is 6.46. The fraction of sp³-hybridized carbons (Fsp3) is 0.714. The highest BCUT2D eigenvalue weighted by Gasteiger charge is 2.10. The Bertz CT molecular complexity index is 348. The molecule has 0 spiro atoms. The molecule has 21 heavy (non-hydrogen) atoms. The Morgan fingerprint density at radius 2 is 1.33 bits per heavy atom. The van der Waals surface area contributed by atoms with Gasteiger partial charge in [0.1, 0.15) is 0 Å². The Kier molecular flexibility index (Phi) is 12.4. The van der Waals surface area contributed by atoms with Gasteiger partial charge in [-0.15, -0.1) is 0 Å². The molecule has 0 fully saturated rings. The van der Waals surface area contributed by atoms with Crippen LogP contribution in [0.25, 0.3) is 0 Å². The topological polar surface area (TPSA) is 0 Å². The molecule has 0 radical (unpaired) electrons. The molecule has 0 unspecified atom stereocenters. The number of hydrogen-bond acceptors (Lipinski definition) is 0. The average molecular weight is 291 g/mol. The lowest BCUT2D eigenvalue weighted by Crippen LogP contribution is -1.98. The molecule has 0 saturated heterocycles. The predicted octanol–water partition coefficient (Wildman–Crippen LogP) is 7.77. The molecule has 0 aliphatic carbocycles. The predicted molar refractivity (Wildman–Crippen MR) is 98.8 cm³/mol. The van der Waals surface area contributed by atoms with Gasteiger partial charge in [0.2, 0.25) is 0 Å². The van der Waals surface area contributed by atoms with Crippen molar-refractivity contribution >= 4 is 0 Å². The van der Waals surface area contributed by atoms with E-state index in [9.17, 15) is 0 Å².